The van der Waals surface area contributed by atoms with E-state index < -0.39 is 0 Å². The van der Waals surface area contributed by atoms with E-state index in [4.69, 9.17) is 16.0 Å². The van der Waals surface area contributed by atoms with Gasteiger partial charge in [0.15, 0.2) is 0 Å². The monoisotopic (exact) mass is 269 g/mol. The molecule has 0 aliphatic heterocycles. The van der Waals surface area contributed by atoms with Gasteiger partial charge in [-0.1, -0.05) is 36.4 Å². The van der Waals surface area contributed by atoms with E-state index in [0.717, 1.165) is 5.56 Å². The van der Waals surface area contributed by atoms with E-state index in [0.29, 0.717) is 11.1 Å². The average Bonchev–Trinajstić information content (AvgIpc) is 2.48. The van der Waals surface area contributed by atoms with Crippen LogP contribution in [0.15, 0.2) is 54.6 Å². The molecule has 2 rings (SSSR count). The fourth-order valence-corrected chi connectivity index (χ4v) is 1.66. The van der Waals surface area contributed by atoms with Crippen LogP contribution in [0.3, 0.4) is 0 Å². The van der Waals surface area contributed by atoms with Crippen LogP contribution in [0.1, 0.15) is 21.5 Å². The molecule has 4 N–H and O–H groups in total. The van der Waals surface area contributed by atoms with Crippen molar-refractivity contribution in [2.45, 2.75) is 6.61 Å². The molecule has 2 aromatic carbocycles. The molecule has 0 atom stereocenters. The van der Waals surface area contributed by atoms with Crippen LogP contribution in [0.2, 0.25) is 0 Å². The van der Waals surface area contributed by atoms with Gasteiger partial charge in [0.2, 0.25) is 0 Å². The molecule has 0 aliphatic carbocycles. The fourth-order valence-electron chi connectivity index (χ4n) is 1.66. The first-order chi connectivity index (χ1) is 9.66. The van der Waals surface area contributed by atoms with Crippen molar-refractivity contribution in [3.05, 3.63) is 71.3 Å². The molecule has 0 saturated heterocycles. The van der Waals surface area contributed by atoms with E-state index in [9.17, 15) is 4.79 Å². The third-order valence-corrected chi connectivity index (χ3v) is 2.68. The molecule has 0 heterocycles. The normalized spacial score (nSPS) is 10.0. The Bertz CT molecular complexity index is 612. The second kappa shape index (κ2) is 6.49. The Morgan fingerprint density at radius 2 is 1.80 bits per heavy atom. The van der Waals surface area contributed by atoms with Gasteiger partial charge in [0.05, 0.1) is 6.61 Å². The molecule has 1 amide bonds. The van der Waals surface area contributed by atoms with Gasteiger partial charge in [0, 0.05) is 11.1 Å². The molecule has 0 bridgehead atoms. The van der Waals surface area contributed by atoms with Crippen molar-refractivity contribution in [1.29, 1.82) is 5.41 Å². The molecular formula is C15H15N3O2. The molecule has 0 aliphatic rings. The number of hydroxylamine groups is 1. The number of benzene rings is 2. The Labute approximate surface area is 116 Å². The third kappa shape index (κ3) is 3.66. The van der Waals surface area contributed by atoms with Crippen LogP contribution < -0.4 is 11.2 Å². The number of amidine groups is 1. The second-order valence-electron chi connectivity index (χ2n) is 4.20. The number of rotatable bonds is 5. The van der Waals surface area contributed by atoms with Crippen molar-refractivity contribution in [1.82, 2.24) is 5.48 Å². The lowest BCUT2D eigenvalue weighted by Gasteiger charge is -2.07. The zero-order valence-corrected chi connectivity index (χ0v) is 10.8. The van der Waals surface area contributed by atoms with Gasteiger partial charge in [-0.2, -0.15) is 0 Å². The first-order valence-corrected chi connectivity index (χ1v) is 6.07. The highest BCUT2D eigenvalue weighted by Gasteiger charge is 2.04. The van der Waals surface area contributed by atoms with Gasteiger partial charge in [0.1, 0.15) is 5.84 Å². The van der Waals surface area contributed by atoms with E-state index in [-0.39, 0.29) is 18.3 Å². The minimum Gasteiger partial charge on any atom is -0.384 e. The number of carbonyl (C=O) groups excluding carboxylic acids is 1. The van der Waals surface area contributed by atoms with E-state index in [2.05, 4.69) is 5.48 Å². The summed E-state index contributed by atoms with van der Waals surface area (Å²) in [6.07, 6.45) is 0. The molecule has 0 radical (unpaired) electrons. The fraction of sp³-hybridized carbons (Fsp3) is 0.0667. The van der Waals surface area contributed by atoms with E-state index in [1.54, 1.807) is 42.5 Å². The van der Waals surface area contributed by atoms with Gasteiger partial charge in [-0.3, -0.25) is 15.0 Å². The maximum absolute atomic E-state index is 11.7. The van der Waals surface area contributed by atoms with Crippen LogP contribution in [0.4, 0.5) is 0 Å². The minimum absolute atomic E-state index is 0.000158. The Kier molecular flexibility index (Phi) is 4.47. The summed E-state index contributed by atoms with van der Waals surface area (Å²) in [7, 11) is 0. The van der Waals surface area contributed by atoms with Crippen molar-refractivity contribution in [2.75, 3.05) is 0 Å². The van der Waals surface area contributed by atoms with Crippen molar-refractivity contribution < 1.29 is 9.63 Å². The zero-order chi connectivity index (χ0) is 14.4. The summed E-state index contributed by atoms with van der Waals surface area (Å²) < 4.78 is 0. The highest BCUT2D eigenvalue weighted by atomic mass is 16.6. The first-order valence-electron chi connectivity index (χ1n) is 6.07. The van der Waals surface area contributed by atoms with Crippen molar-refractivity contribution in [3.8, 4) is 0 Å². The Balaban J connectivity index is 1.89. The highest BCUT2D eigenvalue weighted by Crippen LogP contribution is 2.06. The molecule has 2 aromatic rings. The lowest BCUT2D eigenvalue weighted by Crippen LogP contribution is -2.23. The number of carbonyl (C=O) groups is 1. The van der Waals surface area contributed by atoms with Crippen LogP contribution >= 0.6 is 0 Å². The van der Waals surface area contributed by atoms with Crippen LogP contribution in [0, 0.1) is 5.41 Å². The quantitative estimate of drug-likeness (QED) is 0.439. The number of amides is 1. The number of nitrogens with two attached hydrogens (primary N) is 1. The molecular weight excluding hydrogens is 254 g/mol. The van der Waals surface area contributed by atoms with Crippen molar-refractivity contribution in [3.63, 3.8) is 0 Å². The van der Waals surface area contributed by atoms with E-state index >= 15 is 0 Å². The largest absolute Gasteiger partial charge is 0.384 e. The molecule has 0 spiro atoms. The Morgan fingerprint density at radius 3 is 2.50 bits per heavy atom. The molecule has 0 aromatic heterocycles. The van der Waals surface area contributed by atoms with E-state index in [1.165, 1.54) is 0 Å². The summed E-state index contributed by atoms with van der Waals surface area (Å²) in [4.78, 5) is 16.9. The Morgan fingerprint density at radius 1 is 1.10 bits per heavy atom. The molecule has 5 heteroatoms. The maximum Gasteiger partial charge on any atom is 0.274 e. The number of hydrogen-bond donors (Lipinski definition) is 3. The lowest BCUT2D eigenvalue weighted by atomic mass is 10.1. The zero-order valence-electron chi connectivity index (χ0n) is 10.8. The second-order valence-corrected chi connectivity index (χ2v) is 4.20. The van der Waals surface area contributed by atoms with Gasteiger partial charge in [-0.15, -0.1) is 0 Å². The predicted molar refractivity (Wildman–Crippen MR) is 76.2 cm³/mol. The first kappa shape index (κ1) is 13.8. The lowest BCUT2D eigenvalue weighted by molar-refractivity contribution is 0.0233. The minimum atomic E-state index is -0.298. The molecule has 102 valence electrons. The predicted octanol–water partition coefficient (Wildman–Crippen LogP) is 1.83. The molecule has 0 saturated carbocycles. The molecule has 0 fully saturated rings. The summed E-state index contributed by atoms with van der Waals surface area (Å²) in [5.41, 5.74) is 9.76. The van der Waals surface area contributed by atoms with Crippen LogP contribution in [-0.4, -0.2) is 11.7 Å². The summed E-state index contributed by atoms with van der Waals surface area (Å²) in [6, 6.07) is 15.9. The van der Waals surface area contributed by atoms with Crippen molar-refractivity contribution >= 4 is 11.7 Å². The molecule has 20 heavy (non-hydrogen) atoms. The molecule has 5 nitrogen and oxygen atoms in total. The summed E-state index contributed by atoms with van der Waals surface area (Å²) in [6.45, 7) is 0.208. The van der Waals surface area contributed by atoms with Gasteiger partial charge in [-0.05, 0) is 23.8 Å². The van der Waals surface area contributed by atoms with Crippen LogP contribution in [0.25, 0.3) is 0 Å². The number of nitrogens with one attached hydrogen (secondary N) is 2. The molecule has 0 unspecified atom stereocenters. The smallest absolute Gasteiger partial charge is 0.274 e. The number of hydrogen-bond acceptors (Lipinski definition) is 3. The summed E-state index contributed by atoms with van der Waals surface area (Å²) >= 11 is 0. The SMILES string of the molecule is N=C(N)c1cccc(CONC(=O)c2ccccc2)c1. The van der Waals surface area contributed by atoms with Crippen molar-refractivity contribution in [2.24, 2.45) is 5.73 Å². The summed E-state index contributed by atoms with van der Waals surface area (Å²) in [5.74, 6) is -0.298. The van der Waals surface area contributed by atoms with Gasteiger partial charge < -0.3 is 5.73 Å². The van der Waals surface area contributed by atoms with Gasteiger partial charge >= 0.3 is 0 Å². The summed E-state index contributed by atoms with van der Waals surface area (Å²) in [5, 5.41) is 7.36. The standard InChI is InChI=1S/C15H15N3O2/c16-14(17)13-8-4-5-11(9-13)10-20-18-15(19)12-6-2-1-3-7-12/h1-9H,10H2,(H3,16,17)(H,18,19). The highest BCUT2D eigenvalue weighted by molar-refractivity contribution is 5.95. The Hall–Kier alpha value is -2.66. The average molecular weight is 269 g/mol. The maximum atomic E-state index is 11.7. The third-order valence-electron chi connectivity index (χ3n) is 2.68. The van der Waals surface area contributed by atoms with Gasteiger partial charge in [-0.25, -0.2) is 5.48 Å². The number of nitrogen functional groups attached to an aromatic ring is 1. The van der Waals surface area contributed by atoms with Gasteiger partial charge in [0.25, 0.3) is 5.91 Å². The van der Waals surface area contributed by atoms with Crippen LogP contribution in [-0.2, 0) is 11.4 Å². The van der Waals surface area contributed by atoms with E-state index in [1.807, 2.05) is 12.1 Å². The topological polar surface area (TPSA) is 88.2 Å². The van der Waals surface area contributed by atoms with Crippen LogP contribution in [0.5, 0.6) is 0 Å².